The molecule has 128 valence electrons. The minimum absolute atomic E-state index is 0.0659. The van der Waals surface area contributed by atoms with Crippen LogP contribution in [0.3, 0.4) is 0 Å². The van der Waals surface area contributed by atoms with Crippen LogP contribution in [-0.2, 0) is 25.8 Å². The molecule has 1 rings (SSSR count). The van der Waals surface area contributed by atoms with E-state index >= 15 is 0 Å². The van der Waals surface area contributed by atoms with Crippen molar-refractivity contribution in [2.75, 3.05) is 11.5 Å². The lowest BCUT2D eigenvalue weighted by atomic mass is 9.85. The molecule has 0 aliphatic carbocycles. The van der Waals surface area contributed by atoms with Crippen LogP contribution in [0.4, 0.5) is 0 Å². The summed E-state index contributed by atoms with van der Waals surface area (Å²) in [6, 6.07) is 9.03. The Labute approximate surface area is 136 Å². The Morgan fingerprint density at radius 1 is 1.13 bits per heavy atom. The van der Waals surface area contributed by atoms with Gasteiger partial charge in [0.2, 0.25) is 0 Å². The molecule has 0 aromatic heterocycles. The molecule has 1 aromatic rings. The Bertz CT molecular complexity index is 623. The second kappa shape index (κ2) is 8.67. The van der Waals surface area contributed by atoms with E-state index in [9.17, 15) is 23.1 Å². The monoisotopic (exact) mass is 342 g/mol. The molecule has 0 aliphatic rings. The molecule has 0 fully saturated rings. The van der Waals surface area contributed by atoms with E-state index in [-0.39, 0.29) is 30.8 Å². The maximum absolute atomic E-state index is 12.0. The van der Waals surface area contributed by atoms with Crippen molar-refractivity contribution in [1.29, 1.82) is 0 Å². The van der Waals surface area contributed by atoms with Crippen LogP contribution in [-0.4, -0.2) is 42.1 Å². The SMILES string of the molecule is CCS(=O)(=O)CC(Cc1ccccc1)C(CCC(=O)O)C(=O)O. The summed E-state index contributed by atoms with van der Waals surface area (Å²) in [4.78, 5) is 22.3. The molecular weight excluding hydrogens is 320 g/mol. The summed E-state index contributed by atoms with van der Waals surface area (Å²) in [5, 5.41) is 18.2. The van der Waals surface area contributed by atoms with Crippen molar-refractivity contribution in [2.24, 2.45) is 11.8 Å². The van der Waals surface area contributed by atoms with Gasteiger partial charge in [0.1, 0.15) is 9.84 Å². The van der Waals surface area contributed by atoms with Crippen LogP contribution in [0.5, 0.6) is 0 Å². The Kier molecular flexibility index (Phi) is 7.22. The molecule has 0 saturated carbocycles. The van der Waals surface area contributed by atoms with Crippen molar-refractivity contribution in [3.8, 4) is 0 Å². The number of sulfone groups is 1. The number of aliphatic carboxylic acids is 2. The minimum Gasteiger partial charge on any atom is -0.481 e. The van der Waals surface area contributed by atoms with Gasteiger partial charge in [-0.15, -0.1) is 0 Å². The van der Waals surface area contributed by atoms with Gasteiger partial charge in [-0.1, -0.05) is 37.3 Å². The van der Waals surface area contributed by atoms with Gasteiger partial charge < -0.3 is 10.2 Å². The third kappa shape index (κ3) is 6.81. The fourth-order valence-electron chi connectivity index (χ4n) is 2.52. The van der Waals surface area contributed by atoms with Gasteiger partial charge in [-0.25, -0.2) is 8.42 Å². The molecule has 0 bridgehead atoms. The molecule has 2 N–H and O–H groups in total. The van der Waals surface area contributed by atoms with Gasteiger partial charge >= 0.3 is 11.9 Å². The fourth-order valence-corrected chi connectivity index (χ4v) is 3.76. The first-order valence-electron chi connectivity index (χ1n) is 7.44. The molecule has 0 aliphatic heterocycles. The molecular formula is C16H22O6S. The summed E-state index contributed by atoms with van der Waals surface area (Å²) >= 11 is 0. The normalized spacial score (nSPS) is 14.1. The molecule has 0 heterocycles. The smallest absolute Gasteiger partial charge is 0.306 e. The van der Waals surface area contributed by atoms with E-state index in [2.05, 4.69) is 0 Å². The quantitative estimate of drug-likeness (QED) is 0.671. The van der Waals surface area contributed by atoms with Gasteiger partial charge in [-0.05, 0) is 24.3 Å². The first-order chi connectivity index (χ1) is 10.7. The van der Waals surface area contributed by atoms with Gasteiger partial charge in [0.05, 0.1) is 11.7 Å². The standard InChI is InChI=1S/C16H22O6S/c1-2-23(21,22)11-13(10-12-6-4-3-5-7-12)14(16(19)20)8-9-15(17)18/h3-7,13-14H,2,8-11H2,1H3,(H,17,18)(H,19,20). The van der Waals surface area contributed by atoms with E-state index in [4.69, 9.17) is 5.11 Å². The maximum atomic E-state index is 12.0. The van der Waals surface area contributed by atoms with E-state index in [0.717, 1.165) is 5.56 Å². The lowest BCUT2D eigenvalue weighted by molar-refractivity contribution is -0.144. The lowest BCUT2D eigenvalue weighted by Crippen LogP contribution is -2.32. The van der Waals surface area contributed by atoms with Crippen LogP contribution in [0, 0.1) is 11.8 Å². The number of carboxylic acids is 2. The molecule has 0 saturated heterocycles. The Hall–Kier alpha value is -1.89. The molecule has 0 spiro atoms. The minimum atomic E-state index is -3.37. The van der Waals surface area contributed by atoms with Gasteiger partial charge in [0, 0.05) is 12.2 Å². The zero-order valence-electron chi connectivity index (χ0n) is 13.0. The van der Waals surface area contributed by atoms with Crippen LogP contribution >= 0.6 is 0 Å². The summed E-state index contributed by atoms with van der Waals surface area (Å²) in [5.74, 6) is -4.23. The molecule has 7 heteroatoms. The van der Waals surface area contributed by atoms with Gasteiger partial charge in [0.25, 0.3) is 0 Å². The molecule has 6 nitrogen and oxygen atoms in total. The Morgan fingerprint density at radius 3 is 2.22 bits per heavy atom. The first kappa shape index (κ1) is 19.2. The Balaban J connectivity index is 3.03. The van der Waals surface area contributed by atoms with Crippen LogP contribution in [0.25, 0.3) is 0 Å². The summed E-state index contributed by atoms with van der Waals surface area (Å²) in [5.41, 5.74) is 0.838. The van der Waals surface area contributed by atoms with E-state index < -0.39 is 33.6 Å². The molecule has 2 unspecified atom stereocenters. The average molecular weight is 342 g/mol. The maximum Gasteiger partial charge on any atom is 0.306 e. The molecule has 0 amide bonds. The Morgan fingerprint density at radius 2 is 1.74 bits per heavy atom. The molecule has 0 radical (unpaired) electrons. The van der Waals surface area contributed by atoms with Crippen molar-refractivity contribution >= 4 is 21.8 Å². The van der Waals surface area contributed by atoms with E-state index in [1.165, 1.54) is 6.92 Å². The first-order valence-corrected chi connectivity index (χ1v) is 9.26. The summed E-state index contributed by atoms with van der Waals surface area (Å²) in [6.07, 6.45) is -0.0908. The van der Waals surface area contributed by atoms with Crippen LogP contribution in [0.1, 0.15) is 25.3 Å². The van der Waals surface area contributed by atoms with Crippen molar-refractivity contribution in [3.05, 3.63) is 35.9 Å². The highest BCUT2D eigenvalue weighted by Crippen LogP contribution is 2.25. The van der Waals surface area contributed by atoms with E-state index in [0.29, 0.717) is 0 Å². The number of carbonyl (C=O) groups is 2. The van der Waals surface area contributed by atoms with E-state index in [1.807, 2.05) is 18.2 Å². The fraction of sp³-hybridized carbons (Fsp3) is 0.500. The average Bonchev–Trinajstić information content (AvgIpc) is 2.47. The van der Waals surface area contributed by atoms with E-state index in [1.54, 1.807) is 12.1 Å². The largest absolute Gasteiger partial charge is 0.481 e. The van der Waals surface area contributed by atoms with Crippen LogP contribution in [0.2, 0.25) is 0 Å². The summed E-state index contributed by atoms with van der Waals surface area (Å²) < 4.78 is 23.9. The van der Waals surface area contributed by atoms with Crippen LogP contribution < -0.4 is 0 Å². The zero-order chi connectivity index (χ0) is 17.5. The third-order valence-corrected chi connectivity index (χ3v) is 5.62. The summed E-state index contributed by atoms with van der Waals surface area (Å²) in [6.45, 7) is 1.52. The highest BCUT2D eigenvalue weighted by atomic mass is 32.2. The number of rotatable bonds is 10. The molecule has 1 aromatic carbocycles. The number of hydrogen-bond donors (Lipinski definition) is 2. The molecule has 23 heavy (non-hydrogen) atoms. The van der Waals surface area contributed by atoms with Gasteiger partial charge in [0.15, 0.2) is 0 Å². The predicted molar refractivity (Wildman–Crippen MR) is 86.0 cm³/mol. The number of carboxylic acid groups (broad SMARTS) is 2. The lowest BCUT2D eigenvalue weighted by Gasteiger charge is -2.23. The predicted octanol–water partition coefficient (Wildman–Crippen LogP) is 1.85. The number of benzene rings is 1. The van der Waals surface area contributed by atoms with Crippen molar-refractivity contribution in [2.45, 2.75) is 26.2 Å². The number of hydrogen-bond acceptors (Lipinski definition) is 4. The third-order valence-electron chi connectivity index (χ3n) is 3.80. The van der Waals surface area contributed by atoms with Gasteiger partial charge in [-0.3, -0.25) is 9.59 Å². The van der Waals surface area contributed by atoms with Gasteiger partial charge in [-0.2, -0.15) is 0 Å². The second-order valence-corrected chi connectivity index (χ2v) is 7.92. The second-order valence-electron chi connectivity index (χ2n) is 5.53. The van der Waals surface area contributed by atoms with Crippen molar-refractivity contribution in [3.63, 3.8) is 0 Å². The highest BCUT2D eigenvalue weighted by molar-refractivity contribution is 7.91. The molecule has 2 atom stereocenters. The topological polar surface area (TPSA) is 109 Å². The highest BCUT2D eigenvalue weighted by Gasteiger charge is 2.32. The van der Waals surface area contributed by atoms with Crippen molar-refractivity contribution in [1.82, 2.24) is 0 Å². The zero-order valence-corrected chi connectivity index (χ0v) is 13.8. The summed E-state index contributed by atoms with van der Waals surface area (Å²) in [7, 11) is -3.37. The van der Waals surface area contributed by atoms with Crippen molar-refractivity contribution < 1.29 is 28.2 Å². The van der Waals surface area contributed by atoms with Crippen LogP contribution in [0.15, 0.2) is 30.3 Å².